The molecule has 0 aliphatic rings. The van der Waals surface area contributed by atoms with Gasteiger partial charge in [-0.2, -0.15) is 5.10 Å². The fourth-order valence-electron chi connectivity index (χ4n) is 2.44. The van der Waals surface area contributed by atoms with E-state index in [0.717, 1.165) is 31.4 Å². The Morgan fingerprint density at radius 1 is 1.24 bits per heavy atom. The molecule has 0 saturated heterocycles. The van der Waals surface area contributed by atoms with Gasteiger partial charge in [0.05, 0.1) is 10.7 Å². The monoisotopic (exact) mass is 522 g/mol. The molecule has 154 valence electrons. The molecule has 0 aliphatic heterocycles. The molecule has 0 fully saturated rings. The Kier molecular flexibility index (Phi) is 8.92. The van der Waals surface area contributed by atoms with Crippen LogP contribution < -0.4 is 14.9 Å². The summed E-state index contributed by atoms with van der Waals surface area (Å²) in [6.45, 7) is 10.1. The molecule has 0 spiro atoms. The van der Waals surface area contributed by atoms with Crippen LogP contribution in [0.4, 0.5) is 0 Å². The van der Waals surface area contributed by atoms with Crippen molar-refractivity contribution >= 4 is 44.0 Å². The van der Waals surface area contributed by atoms with Crippen LogP contribution >= 0.6 is 31.9 Å². The summed E-state index contributed by atoms with van der Waals surface area (Å²) in [5, 5.41) is 3.98. The summed E-state index contributed by atoms with van der Waals surface area (Å²) in [7, 11) is 0. The van der Waals surface area contributed by atoms with E-state index < -0.39 is 0 Å². The third-order valence-corrected chi connectivity index (χ3v) is 5.83. The van der Waals surface area contributed by atoms with Crippen LogP contribution in [-0.2, 0) is 4.79 Å². The Hall–Kier alpha value is -2.12. The highest BCUT2D eigenvalue weighted by Crippen LogP contribution is 2.40. The largest absolute Gasteiger partial charge is 0.490 e. The van der Waals surface area contributed by atoms with E-state index in [1.165, 1.54) is 0 Å². The summed E-state index contributed by atoms with van der Waals surface area (Å²) < 4.78 is 13.1. The molecular weight excluding hydrogens is 500 g/mol. The summed E-state index contributed by atoms with van der Waals surface area (Å²) in [4.78, 5) is 12.1. The number of ether oxygens (including phenoxy) is 2. The van der Waals surface area contributed by atoms with E-state index in [2.05, 4.69) is 62.8 Å². The standard InChI is InChI=1S/C22H24Br2N2O3/c1-5-10-28-17-8-6-16(7-9-17)12-25-26-20(27)13-29-22-18(14(2)3)11-19(23)15(4)21(22)24/h5-9,11-12,14H,1,10,13H2,2-4H3,(H,26,27)/b25-12+. The lowest BCUT2D eigenvalue weighted by Gasteiger charge is -2.18. The van der Waals surface area contributed by atoms with Crippen LogP contribution in [0.1, 0.15) is 36.5 Å². The first-order valence-corrected chi connectivity index (χ1v) is 10.7. The van der Waals surface area contributed by atoms with Gasteiger partial charge in [-0.1, -0.05) is 42.4 Å². The zero-order valence-corrected chi connectivity index (χ0v) is 19.8. The lowest BCUT2D eigenvalue weighted by molar-refractivity contribution is -0.123. The van der Waals surface area contributed by atoms with Crippen LogP contribution in [0.25, 0.3) is 0 Å². The number of rotatable bonds is 9. The number of nitrogens with one attached hydrogen (secondary N) is 1. The molecule has 1 amide bonds. The quantitative estimate of drug-likeness (QED) is 0.259. The second-order valence-corrected chi connectivity index (χ2v) is 8.27. The van der Waals surface area contributed by atoms with Gasteiger partial charge in [-0.3, -0.25) is 4.79 Å². The van der Waals surface area contributed by atoms with Crippen molar-refractivity contribution in [1.82, 2.24) is 5.43 Å². The minimum Gasteiger partial charge on any atom is -0.490 e. The molecule has 7 heteroatoms. The van der Waals surface area contributed by atoms with E-state index in [4.69, 9.17) is 9.47 Å². The Labute approximate surface area is 188 Å². The predicted octanol–water partition coefficient (Wildman–Crippen LogP) is 5.74. The Morgan fingerprint density at radius 2 is 1.93 bits per heavy atom. The molecule has 2 rings (SSSR count). The van der Waals surface area contributed by atoms with Gasteiger partial charge in [0.2, 0.25) is 0 Å². The van der Waals surface area contributed by atoms with Gasteiger partial charge in [-0.15, -0.1) is 0 Å². The summed E-state index contributed by atoms with van der Waals surface area (Å²) in [5.41, 5.74) is 5.35. The van der Waals surface area contributed by atoms with Gasteiger partial charge >= 0.3 is 0 Å². The van der Waals surface area contributed by atoms with Gasteiger partial charge < -0.3 is 9.47 Å². The second-order valence-electron chi connectivity index (χ2n) is 6.62. The minimum absolute atomic E-state index is 0.134. The number of carbonyl (C=O) groups excluding carboxylic acids is 1. The van der Waals surface area contributed by atoms with E-state index in [1.807, 2.05) is 37.3 Å². The fourth-order valence-corrected chi connectivity index (χ4v) is 3.71. The first-order chi connectivity index (χ1) is 13.8. The molecule has 5 nitrogen and oxygen atoms in total. The van der Waals surface area contributed by atoms with Crippen LogP contribution in [0, 0.1) is 6.92 Å². The Morgan fingerprint density at radius 3 is 2.55 bits per heavy atom. The van der Waals surface area contributed by atoms with Crippen molar-refractivity contribution in [3.05, 3.63) is 68.6 Å². The molecule has 0 atom stereocenters. The highest BCUT2D eigenvalue weighted by molar-refractivity contribution is 9.11. The molecule has 0 heterocycles. The van der Waals surface area contributed by atoms with Crippen molar-refractivity contribution in [2.24, 2.45) is 5.10 Å². The number of amides is 1. The number of hydrogen-bond donors (Lipinski definition) is 1. The zero-order chi connectivity index (χ0) is 21.4. The van der Waals surface area contributed by atoms with Crippen LogP contribution in [0.2, 0.25) is 0 Å². The molecule has 29 heavy (non-hydrogen) atoms. The smallest absolute Gasteiger partial charge is 0.277 e. The van der Waals surface area contributed by atoms with Crippen molar-refractivity contribution in [3.63, 3.8) is 0 Å². The van der Waals surface area contributed by atoms with E-state index in [-0.39, 0.29) is 18.4 Å². The molecule has 1 N–H and O–H groups in total. The first-order valence-electron chi connectivity index (χ1n) is 9.10. The van der Waals surface area contributed by atoms with Gasteiger partial charge in [0, 0.05) is 4.47 Å². The van der Waals surface area contributed by atoms with Gasteiger partial charge in [-0.25, -0.2) is 5.43 Å². The van der Waals surface area contributed by atoms with E-state index >= 15 is 0 Å². The lowest BCUT2D eigenvalue weighted by atomic mass is 10.0. The molecule has 0 aliphatic carbocycles. The summed E-state index contributed by atoms with van der Waals surface area (Å²) in [6.07, 6.45) is 3.25. The zero-order valence-electron chi connectivity index (χ0n) is 16.7. The molecule has 2 aromatic carbocycles. The topological polar surface area (TPSA) is 59.9 Å². The average Bonchev–Trinajstić information content (AvgIpc) is 2.70. The van der Waals surface area contributed by atoms with Gasteiger partial charge in [0.15, 0.2) is 6.61 Å². The molecule has 0 aromatic heterocycles. The number of nitrogens with zero attached hydrogens (tertiary/aromatic N) is 1. The molecule has 0 bridgehead atoms. The SMILES string of the molecule is C=CCOc1ccc(/C=N/NC(=O)COc2c(C(C)C)cc(Br)c(C)c2Br)cc1. The first kappa shape index (κ1) is 23.2. The maximum Gasteiger partial charge on any atom is 0.277 e. The van der Waals surface area contributed by atoms with Crippen LogP contribution in [0.5, 0.6) is 11.5 Å². The molecular formula is C22H24Br2N2O3. The van der Waals surface area contributed by atoms with Crippen molar-refractivity contribution in [2.75, 3.05) is 13.2 Å². The van der Waals surface area contributed by atoms with Gasteiger partial charge in [0.1, 0.15) is 18.1 Å². The number of halogens is 2. The summed E-state index contributed by atoms with van der Waals surface area (Å²) in [5.74, 6) is 1.33. The predicted molar refractivity (Wildman–Crippen MR) is 124 cm³/mol. The Balaban J connectivity index is 1.94. The van der Waals surface area contributed by atoms with Crippen LogP contribution in [-0.4, -0.2) is 25.3 Å². The summed E-state index contributed by atoms with van der Waals surface area (Å²) >= 11 is 7.13. The fraction of sp³-hybridized carbons (Fsp3) is 0.273. The molecule has 0 unspecified atom stereocenters. The van der Waals surface area contributed by atoms with Gasteiger partial charge in [0.25, 0.3) is 5.91 Å². The molecule has 0 saturated carbocycles. The number of benzene rings is 2. The maximum atomic E-state index is 12.1. The normalized spacial score (nSPS) is 11.0. The van der Waals surface area contributed by atoms with Crippen LogP contribution in [0.15, 0.2) is 57.0 Å². The van der Waals surface area contributed by atoms with Crippen molar-refractivity contribution in [1.29, 1.82) is 0 Å². The van der Waals surface area contributed by atoms with Crippen molar-refractivity contribution in [2.45, 2.75) is 26.7 Å². The number of hydrogen-bond acceptors (Lipinski definition) is 4. The van der Waals surface area contributed by atoms with E-state index in [1.54, 1.807) is 12.3 Å². The minimum atomic E-state index is -0.339. The Bertz CT molecular complexity index is 894. The third kappa shape index (κ3) is 6.72. The maximum absolute atomic E-state index is 12.1. The second kappa shape index (κ2) is 11.2. The molecule has 2 aromatic rings. The number of hydrazone groups is 1. The number of carbonyl (C=O) groups is 1. The van der Waals surface area contributed by atoms with E-state index in [9.17, 15) is 4.79 Å². The molecule has 0 radical (unpaired) electrons. The highest BCUT2D eigenvalue weighted by atomic mass is 79.9. The summed E-state index contributed by atoms with van der Waals surface area (Å²) in [6, 6.07) is 9.38. The van der Waals surface area contributed by atoms with Gasteiger partial charge in [-0.05, 0) is 75.8 Å². The lowest BCUT2D eigenvalue weighted by Crippen LogP contribution is -2.25. The van der Waals surface area contributed by atoms with E-state index in [0.29, 0.717) is 12.4 Å². The van der Waals surface area contributed by atoms with Crippen molar-refractivity contribution in [3.8, 4) is 11.5 Å². The average molecular weight is 524 g/mol. The third-order valence-electron chi connectivity index (χ3n) is 4.05. The highest BCUT2D eigenvalue weighted by Gasteiger charge is 2.17. The van der Waals surface area contributed by atoms with Crippen LogP contribution in [0.3, 0.4) is 0 Å². The van der Waals surface area contributed by atoms with Crippen molar-refractivity contribution < 1.29 is 14.3 Å².